The minimum absolute atomic E-state index is 0.990. The highest BCUT2D eigenvalue weighted by Crippen LogP contribution is 2.18. The number of rotatable bonds is 6. The molecule has 0 aromatic heterocycles. The largest absolute Gasteiger partial charge is 0.305 e. The van der Waals surface area contributed by atoms with E-state index >= 15 is 0 Å². The first-order chi connectivity index (χ1) is 12.1. The molecule has 128 valence electrons. The van der Waals surface area contributed by atoms with Gasteiger partial charge in [-0.3, -0.25) is 0 Å². The van der Waals surface area contributed by atoms with Crippen molar-refractivity contribution in [3.05, 3.63) is 96.1 Å². The van der Waals surface area contributed by atoms with Gasteiger partial charge in [0.05, 0.1) is 0 Å². The third-order valence-corrected chi connectivity index (χ3v) is 9.27. The molecule has 0 heterocycles. The van der Waals surface area contributed by atoms with Crippen molar-refractivity contribution < 1.29 is 0 Å². The molecule has 0 aliphatic carbocycles. The van der Waals surface area contributed by atoms with Gasteiger partial charge in [-0.05, 0) is 31.3 Å². The first-order valence-electron chi connectivity index (χ1n) is 8.92. The van der Waals surface area contributed by atoms with Crippen molar-refractivity contribution in [2.24, 2.45) is 0 Å². The van der Waals surface area contributed by atoms with Gasteiger partial charge in [-0.25, -0.2) is 0 Å². The average molecular weight is 346 g/mol. The van der Waals surface area contributed by atoms with Crippen molar-refractivity contribution in [1.29, 1.82) is 0 Å². The van der Waals surface area contributed by atoms with Crippen molar-refractivity contribution in [3.63, 3.8) is 0 Å². The van der Waals surface area contributed by atoms with Crippen molar-refractivity contribution >= 4 is 18.4 Å². The van der Waals surface area contributed by atoms with E-state index in [9.17, 15) is 0 Å². The topological polar surface area (TPSA) is 3.24 Å². The molecule has 0 saturated carbocycles. The van der Waals surface area contributed by atoms with Gasteiger partial charge in [-0.1, -0.05) is 102 Å². The van der Waals surface area contributed by atoms with E-state index in [2.05, 4.69) is 110 Å². The predicted octanol–water partition coefficient (Wildman–Crippen LogP) is 3.72. The van der Waals surface area contributed by atoms with Crippen molar-refractivity contribution in [2.45, 2.75) is 19.1 Å². The number of hydrogen-bond acceptors (Lipinski definition) is 1. The zero-order chi connectivity index (χ0) is 17.7. The third-order valence-electron chi connectivity index (χ3n) is 4.97. The van der Waals surface area contributed by atoms with E-state index < -0.39 is 8.07 Å². The Morgan fingerprint density at radius 3 is 1.56 bits per heavy atom. The van der Waals surface area contributed by atoms with Crippen LogP contribution in [0.2, 0.25) is 6.55 Å². The Bertz CT molecular complexity index is 757. The van der Waals surface area contributed by atoms with E-state index in [1.807, 2.05) is 0 Å². The highest BCUT2D eigenvalue weighted by molar-refractivity contribution is 7.00. The van der Waals surface area contributed by atoms with E-state index in [-0.39, 0.29) is 0 Å². The van der Waals surface area contributed by atoms with Gasteiger partial charge in [0.15, 0.2) is 0 Å². The normalized spacial score (nSPS) is 11.7. The van der Waals surface area contributed by atoms with Gasteiger partial charge in [0.25, 0.3) is 0 Å². The molecule has 0 bridgehead atoms. The van der Waals surface area contributed by atoms with E-state index in [1.165, 1.54) is 21.5 Å². The molecule has 0 amide bonds. The number of benzene rings is 3. The smallest absolute Gasteiger partial charge is 0.119 e. The molecule has 0 aliphatic heterocycles. The standard InChI is InChI=1S/C23H27NSi/c1-24(2)18-20-12-10-11-13-21(20)19-25(3,22-14-6-4-7-15-22)23-16-8-5-9-17-23/h4-17H,18-19H2,1-3H3. The fourth-order valence-corrected chi connectivity index (χ4v) is 7.29. The number of hydrogen-bond donors (Lipinski definition) is 0. The molecule has 1 nitrogen and oxygen atoms in total. The summed E-state index contributed by atoms with van der Waals surface area (Å²) in [4.78, 5) is 2.25. The van der Waals surface area contributed by atoms with Crippen LogP contribution in [-0.4, -0.2) is 27.1 Å². The van der Waals surface area contributed by atoms with E-state index in [1.54, 1.807) is 0 Å². The first-order valence-corrected chi connectivity index (χ1v) is 11.6. The van der Waals surface area contributed by atoms with Crippen LogP contribution in [-0.2, 0) is 12.6 Å². The van der Waals surface area contributed by atoms with Gasteiger partial charge < -0.3 is 4.90 Å². The summed E-state index contributed by atoms with van der Waals surface area (Å²) in [6.07, 6.45) is 0. The van der Waals surface area contributed by atoms with Gasteiger partial charge in [0, 0.05) is 6.54 Å². The van der Waals surface area contributed by atoms with E-state index in [0.29, 0.717) is 0 Å². The Kier molecular flexibility index (Phi) is 5.52. The summed E-state index contributed by atoms with van der Waals surface area (Å²) in [6.45, 7) is 3.49. The fraction of sp³-hybridized carbons (Fsp3) is 0.217. The molecule has 0 radical (unpaired) electrons. The quantitative estimate of drug-likeness (QED) is 0.616. The molecule has 25 heavy (non-hydrogen) atoms. The Balaban J connectivity index is 2.06. The molecule has 2 heteroatoms. The van der Waals surface area contributed by atoms with Gasteiger partial charge in [0.1, 0.15) is 8.07 Å². The second-order valence-electron chi connectivity index (χ2n) is 7.25. The van der Waals surface area contributed by atoms with Gasteiger partial charge >= 0.3 is 0 Å². The van der Waals surface area contributed by atoms with Crippen molar-refractivity contribution in [2.75, 3.05) is 14.1 Å². The van der Waals surface area contributed by atoms with Crippen molar-refractivity contribution in [3.8, 4) is 0 Å². The maximum atomic E-state index is 2.50. The lowest BCUT2D eigenvalue weighted by atomic mass is 10.1. The van der Waals surface area contributed by atoms with Crippen LogP contribution in [0.3, 0.4) is 0 Å². The lowest BCUT2D eigenvalue weighted by Gasteiger charge is -2.30. The Labute approximate surface area is 153 Å². The molecule has 0 unspecified atom stereocenters. The summed E-state index contributed by atoms with van der Waals surface area (Å²) in [5.74, 6) is 0. The van der Waals surface area contributed by atoms with Crippen molar-refractivity contribution in [1.82, 2.24) is 4.90 Å². The Hall–Kier alpha value is -2.16. The SMILES string of the molecule is CN(C)Cc1ccccc1C[Si](C)(c1ccccc1)c1ccccc1. The fourth-order valence-electron chi connectivity index (χ4n) is 3.59. The molecular weight excluding hydrogens is 318 g/mol. The predicted molar refractivity (Wildman–Crippen MR) is 111 cm³/mol. The molecular formula is C23H27NSi. The molecule has 0 saturated heterocycles. The highest BCUT2D eigenvalue weighted by Gasteiger charge is 2.32. The van der Waals surface area contributed by atoms with Crippen LogP contribution in [0.15, 0.2) is 84.9 Å². The van der Waals surface area contributed by atoms with Crippen LogP contribution in [0, 0.1) is 0 Å². The third kappa shape index (κ3) is 4.09. The van der Waals surface area contributed by atoms with Crippen LogP contribution >= 0.6 is 0 Å². The monoisotopic (exact) mass is 345 g/mol. The zero-order valence-corrected chi connectivity index (χ0v) is 16.4. The van der Waals surface area contributed by atoms with Gasteiger partial charge in [-0.2, -0.15) is 0 Å². The second-order valence-corrected chi connectivity index (χ2v) is 11.4. The molecule has 0 atom stereocenters. The Morgan fingerprint density at radius 1 is 0.640 bits per heavy atom. The van der Waals surface area contributed by atoms with Crippen LogP contribution < -0.4 is 10.4 Å². The molecule has 3 aromatic carbocycles. The lowest BCUT2D eigenvalue weighted by Crippen LogP contribution is -2.57. The molecule has 0 fully saturated rings. The zero-order valence-electron chi connectivity index (χ0n) is 15.4. The first kappa shape index (κ1) is 17.7. The summed E-state index contributed by atoms with van der Waals surface area (Å²) in [7, 11) is 2.44. The summed E-state index contributed by atoms with van der Waals surface area (Å²) in [6, 6.07) is 32.2. The molecule has 0 aliphatic rings. The second kappa shape index (κ2) is 7.81. The van der Waals surface area contributed by atoms with E-state index in [4.69, 9.17) is 0 Å². The van der Waals surface area contributed by atoms with Gasteiger partial charge in [0.2, 0.25) is 0 Å². The summed E-state index contributed by atoms with van der Waals surface area (Å²) in [5, 5.41) is 3.00. The van der Waals surface area contributed by atoms with Gasteiger partial charge in [-0.15, -0.1) is 0 Å². The highest BCUT2D eigenvalue weighted by atomic mass is 28.3. The Morgan fingerprint density at radius 2 is 1.08 bits per heavy atom. The minimum Gasteiger partial charge on any atom is -0.305 e. The van der Waals surface area contributed by atoms with E-state index in [0.717, 1.165) is 12.6 Å². The number of nitrogens with zero attached hydrogens (tertiary/aromatic N) is 1. The average Bonchev–Trinajstić information content (AvgIpc) is 2.64. The van der Waals surface area contributed by atoms with Crippen LogP contribution in [0.25, 0.3) is 0 Å². The van der Waals surface area contributed by atoms with Crippen LogP contribution in [0.4, 0.5) is 0 Å². The van der Waals surface area contributed by atoms with Crippen LogP contribution in [0.5, 0.6) is 0 Å². The molecule has 3 aromatic rings. The van der Waals surface area contributed by atoms with Crippen LogP contribution in [0.1, 0.15) is 11.1 Å². The maximum absolute atomic E-state index is 2.50. The minimum atomic E-state index is -1.84. The molecule has 0 spiro atoms. The lowest BCUT2D eigenvalue weighted by molar-refractivity contribution is 0.401. The molecule has 0 N–H and O–H groups in total. The summed E-state index contributed by atoms with van der Waals surface area (Å²) >= 11 is 0. The molecule has 3 rings (SSSR count). The summed E-state index contributed by atoms with van der Waals surface area (Å²) < 4.78 is 0. The maximum Gasteiger partial charge on any atom is 0.119 e. The summed E-state index contributed by atoms with van der Waals surface area (Å²) in [5.41, 5.74) is 2.93.